The topological polar surface area (TPSA) is 37.3 Å². The number of carboxylic acids is 1. The van der Waals surface area contributed by atoms with Gasteiger partial charge in [-0.05, 0) is 25.8 Å². The van der Waals surface area contributed by atoms with Gasteiger partial charge in [-0.25, -0.2) is 0 Å². The lowest BCUT2D eigenvalue weighted by atomic mass is 10.1. The highest BCUT2D eigenvalue weighted by atomic mass is 16.4. The number of hydrogen-bond acceptors (Lipinski definition) is 1. The third kappa shape index (κ3) is 25.1. The summed E-state index contributed by atoms with van der Waals surface area (Å²) in [5.74, 6) is -0.769. The van der Waals surface area contributed by atoms with Gasteiger partial charge in [0.2, 0.25) is 0 Å². The van der Waals surface area contributed by atoms with Crippen molar-refractivity contribution in [1.29, 1.82) is 0 Å². The van der Waals surface area contributed by atoms with E-state index in [0.29, 0.717) is 6.42 Å². The normalized spacial score (nSPS) is 9.53. The van der Waals surface area contributed by atoms with Gasteiger partial charge in [-0.3, -0.25) is 4.79 Å². The summed E-state index contributed by atoms with van der Waals surface area (Å²) in [6.07, 6.45) is 9.75. The van der Waals surface area contributed by atoms with Crippen molar-refractivity contribution in [3.63, 3.8) is 0 Å². The zero-order chi connectivity index (χ0) is 14.1. The molecular formula is C15H26O2. The first-order valence-corrected chi connectivity index (χ1v) is 5.85. The molecule has 0 aromatic heterocycles. The molecule has 0 aromatic carbocycles. The number of hydrogen-bond donors (Lipinski definition) is 1. The van der Waals surface area contributed by atoms with Crippen molar-refractivity contribution in [2.45, 2.75) is 40.5 Å². The van der Waals surface area contributed by atoms with Crippen LogP contribution in [-0.2, 0) is 4.79 Å². The van der Waals surface area contributed by atoms with Crippen molar-refractivity contribution in [2.24, 2.45) is 0 Å². The first kappa shape index (κ1) is 20.8. The van der Waals surface area contributed by atoms with Crippen molar-refractivity contribution < 1.29 is 9.90 Å². The van der Waals surface area contributed by atoms with E-state index in [9.17, 15) is 4.79 Å². The molecule has 0 rings (SSSR count). The van der Waals surface area contributed by atoms with Gasteiger partial charge in [0.25, 0.3) is 0 Å². The van der Waals surface area contributed by atoms with Crippen molar-refractivity contribution in [3.8, 4) is 0 Å². The number of rotatable bonds is 5. The van der Waals surface area contributed by atoms with Gasteiger partial charge in [-0.2, -0.15) is 0 Å². The molecule has 0 aliphatic rings. The van der Waals surface area contributed by atoms with Crippen LogP contribution in [0.15, 0.2) is 49.1 Å². The van der Waals surface area contributed by atoms with Crippen molar-refractivity contribution in [2.75, 3.05) is 0 Å². The molecule has 0 aromatic rings. The quantitative estimate of drug-likeness (QED) is 0.554. The van der Waals surface area contributed by atoms with Crippen LogP contribution >= 0.6 is 0 Å². The monoisotopic (exact) mass is 238 g/mol. The first-order chi connectivity index (χ1) is 8.12. The molecular weight excluding hydrogens is 212 g/mol. The minimum absolute atomic E-state index is 0.171. The van der Waals surface area contributed by atoms with Crippen LogP contribution in [-0.4, -0.2) is 11.1 Å². The third-order valence-electron chi connectivity index (χ3n) is 1.34. The van der Waals surface area contributed by atoms with E-state index in [4.69, 9.17) is 5.11 Å². The van der Waals surface area contributed by atoms with E-state index in [1.165, 1.54) is 0 Å². The number of carbonyl (C=O) groups is 1. The Morgan fingerprint density at radius 1 is 1.18 bits per heavy atom. The average Bonchev–Trinajstić information content (AvgIpc) is 2.30. The smallest absolute Gasteiger partial charge is 0.303 e. The molecule has 0 fully saturated rings. The van der Waals surface area contributed by atoms with Gasteiger partial charge < -0.3 is 5.11 Å². The molecule has 0 amide bonds. The fourth-order valence-electron chi connectivity index (χ4n) is 0.839. The Bertz CT molecular complexity index is 248. The Morgan fingerprint density at radius 3 is 1.94 bits per heavy atom. The minimum atomic E-state index is -0.769. The van der Waals surface area contributed by atoms with Crippen LogP contribution in [0.3, 0.4) is 0 Å². The summed E-state index contributed by atoms with van der Waals surface area (Å²) >= 11 is 0. The molecule has 0 bridgehead atoms. The van der Waals surface area contributed by atoms with Gasteiger partial charge in [-0.1, -0.05) is 50.8 Å². The van der Waals surface area contributed by atoms with Crippen LogP contribution in [0.25, 0.3) is 0 Å². The second-order valence-corrected chi connectivity index (χ2v) is 2.78. The van der Waals surface area contributed by atoms with Crippen LogP contribution in [0.4, 0.5) is 0 Å². The summed E-state index contributed by atoms with van der Waals surface area (Å²) in [4.78, 5) is 10.2. The van der Waals surface area contributed by atoms with Crippen LogP contribution < -0.4 is 0 Å². The summed E-state index contributed by atoms with van der Waals surface area (Å²) in [5.41, 5.74) is 0.995. The molecule has 0 aliphatic heterocycles. The second-order valence-electron chi connectivity index (χ2n) is 2.78. The van der Waals surface area contributed by atoms with Crippen molar-refractivity contribution in [3.05, 3.63) is 49.1 Å². The van der Waals surface area contributed by atoms with Gasteiger partial charge in [0.05, 0.1) is 0 Å². The Kier molecular flexibility index (Phi) is 24.4. The highest BCUT2D eigenvalue weighted by molar-refractivity contribution is 5.67. The summed E-state index contributed by atoms with van der Waals surface area (Å²) in [7, 11) is 0. The van der Waals surface area contributed by atoms with Crippen LogP contribution in [0.2, 0.25) is 0 Å². The van der Waals surface area contributed by atoms with E-state index in [1.54, 1.807) is 12.2 Å². The SMILES string of the molecule is C=C/C=C(\C=C/C)CCC(=O)O.C=CC.CC. The average molecular weight is 238 g/mol. The first-order valence-electron chi connectivity index (χ1n) is 5.85. The number of aliphatic carboxylic acids is 1. The molecule has 17 heavy (non-hydrogen) atoms. The zero-order valence-electron chi connectivity index (χ0n) is 11.6. The summed E-state index contributed by atoms with van der Waals surface area (Å²) in [6, 6.07) is 0. The predicted octanol–water partition coefficient (Wildman–Crippen LogP) is 4.76. The van der Waals surface area contributed by atoms with Gasteiger partial charge in [0.15, 0.2) is 0 Å². The summed E-state index contributed by atoms with van der Waals surface area (Å²) < 4.78 is 0. The molecule has 0 radical (unpaired) electrons. The summed E-state index contributed by atoms with van der Waals surface area (Å²) in [6.45, 7) is 14.7. The molecule has 0 saturated carbocycles. The van der Waals surface area contributed by atoms with Gasteiger partial charge in [-0.15, -0.1) is 6.58 Å². The Balaban J connectivity index is -0.000000337. The van der Waals surface area contributed by atoms with E-state index in [2.05, 4.69) is 13.2 Å². The molecule has 0 atom stereocenters. The van der Waals surface area contributed by atoms with Crippen LogP contribution in [0.5, 0.6) is 0 Å². The molecule has 0 unspecified atom stereocenters. The van der Waals surface area contributed by atoms with E-state index in [0.717, 1.165) is 5.57 Å². The fraction of sp³-hybridized carbons (Fsp3) is 0.400. The second kappa shape index (κ2) is 19.9. The molecule has 1 N–H and O–H groups in total. The minimum Gasteiger partial charge on any atom is -0.481 e. The highest BCUT2D eigenvalue weighted by Gasteiger charge is 1.97. The lowest BCUT2D eigenvalue weighted by molar-refractivity contribution is -0.136. The van der Waals surface area contributed by atoms with Gasteiger partial charge >= 0.3 is 5.97 Å². The van der Waals surface area contributed by atoms with Crippen LogP contribution in [0, 0.1) is 0 Å². The van der Waals surface area contributed by atoms with E-state index >= 15 is 0 Å². The highest BCUT2D eigenvalue weighted by Crippen LogP contribution is 2.06. The maximum absolute atomic E-state index is 10.2. The van der Waals surface area contributed by atoms with Gasteiger partial charge in [0, 0.05) is 6.42 Å². The molecule has 0 heterocycles. The molecule has 0 spiro atoms. The Labute approximate surface area is 106 Å². The lowest BCUT2D eigenvalue weighted by Gasteiger charge is -1.96. The fourth-order valence-corrected chi connectivity index (χ4v) is 0.839. The molecule has 2 nitrogen and oxygen atoms in total. The summed E-state index contributed by atoms with van der Waals surface area (Å²) in [5, 5.41) is 8.42. The van der Waals surface area contributed by atoms with E-state index < -0.39 is 5.97 Å². The number of allylic oxidation sites excluding steroid dienone is 6. The van der Waals surface area contributed by atoms with Gasteiger partial charge in [0.1, 0.15) is 0 Å². The maximum atomic E-state index is 10.2. The number of carboxylic acid groups (broad SMARTS) is 1. The zero-order valence-corrected chi connectivity index (χ0v) is 11.6. The Morgan fingerprint density at radius 2 is 1.65 bits per heavy atom. The molecule has 98 valence electrons. The molecule has 0 aliphatic carbocycles. The van der Waals surface area contributed by atoms with Crippen LogP contribution in [0.1, 0.15) is 40.5 Å². The largest absolute Gasteiger partial charge is 0.481 e. The standard InChI is InChI=1S/C10H14O2.C3H6.C2H6/c1-3-5-9(6-4-2)7-8-10(11)12;1-3-2;1-2/h3-6H,1,7-8H2,2H3,(H,11,12);3H,1H2,2H3;1-2H3/b6-4-,9-5+;;. The van der Waals surface area contributed by atoms with E-state index in [1.807, 2.05) is 45.9 Å². The molecule has 0 saturated heterocycles. The molecule has 2 heteroatoms. The third-order valence-corrected chi connectivity index (χ3v) is 1.34. The maximum Gasteiger partial charge on any atom is 0.303 e. The van der Waals surface area contributed by atoms with Crippen molar-refractivity contribution in [1.82, 2.24) is 0 Å². The predicted molar refractivity (Wildman–Crippen MR) is 77.2 cm³/mol. The lowest BCUT2D eigenvalue weighted by Crippen LogP contribution is -1.94. The van der Waals surface area contributed by atoms with Crippen molar-refractivity contribution >= 4 is 5.97 Å². The van der Waals surface area contributed by atoms with E-state index in [-0.39, 0.29) is 6.42 Å². The Hall–Kier alpha value is -1.57.